The molecule has 1 aliphatic heterocycles. The fourth-order valence-corrected chi connectivity index (χ4v) is 3.38. The summed E-state index contributed by atoms with van der Waals surface area (Å²) in [7, 11) is 0. The lowest BCUT2D eigenvalue weighted by molar-refractivity contribution is 0.270. The van der Waals surface area contributed by atoms with Crippen LogP contribution in [-0.2, 0) is 6.54 Å². The molecule has 2 heterocycles. The predicted octanol–water partition coefficient (Wildman–Crippen LogP) is 3.34. The lowest BCUT2D eigenvalue weighted by Gasteiger charge is -2.35. The fourth-order valence-electron chi connectivity index (χ4n) is 3.38. The van der Waals surface area contributed by atoms with Crippen molar-refractivity contribution in [2.24, 2.45) is 0 Å². The zero-order chi connectivity index (χ0) is 18.5. The monoisotopic (exact) mass is 353 g/mol. The van der Waals surface area contributed by atoms with E-state index in [1.165, 1.54) is 5.56 Å². The molecule has 0 atom stereocenters. The van der Waals surface area contributed by atoms with Gasteiger partial charge in [-0.3, -0.25) is 0 Å². The third-order valence-electron chi connectivity index (χ3n) is 5.05. The highest BCUT2D eigenvalue weighted by Gasteiger charge is 2.20. The number of aryl methyl sites for hydroxylation is 1. The molecule has 1 fully saturated rings. The third-order valence-corrected chi connectivity index (χ3v) is 5.05. The van der Waals surface area contributed by atoms with Gasteiger partial charge in [-0.1, -0.05) is 37.3 Å². The molecule has 1 aromatic carbocycles. The first-order valence-electron chi connectivity index (χ1n) is 9.70. The zero-order valence-electron chi connectivity index (χ0n) is 16.5. The highest BCUT2D eigenvalue weighted by Crippen LogP contribution is 2.22. The standard InChI is InChI=1S/C21H31N5/c1-5-24-11-13-25(14-12-24)20-15-18(4)22-21(23-20)26(17(2)3)16-19-9-7-6-8-10-19/h6-10,15,17H,5,11-14,16H2,1-4H3. The minimum atomic E-state index is 0.335. The number of hydrogen-bond acceptors (Lipinski definition) is 5. The number of anilines is 2. The molecule has 1 saturated heterocycles. The summed E-state index contributed by atoms with van der Waals surface area (Å²) in [4.78, 5) is 16.9. The van der Waals surface area contributed by atoms with Gasteiger partial charge < -0.3 is 14.7 Å². The van der Waals surface area contributed by atoms with E-state index >= 15 is 0 Å². The van der Waals surface area contributed by atoms with Crippen molar-refractivity contribution >= 4 is 11.8 Å². The molecule has 0 amide bonds. The van der Waals surface area contributed by atoms with Crippen LogP contribution in [0.5, 0.6) is 0 Å². The SMILES string of the molecule is CCN1CCN(c2cc(C)nc(N(Cc3ccccc3)C(C)C)n2)CC1. The van der Waals surface area contributed by atoms with Crippen molar-refractivity contribution in [3.05, 3.63) is 47.7 Å². The average molecular weight is 354 g/mol. The van der Waals surface area contributed by atoms with Crippen molar-refractivity contribution < 1.29 is 0 Å². The van der Waals surface area contributed by atoms with E-state index in [0.717, 1.165) is 56.7 Å². The molecule has 0 aliphatic carbocycles. The van der Waals surface area contributed by atoms with E-state index in [1.807, 2.05) is 0 Å². The molecule has 1 aromatic heterocycles. The largest absolute Gasteiger partial charge is 0.354 e. The second-order valence-corrected chi connectivity index (χ2v) is 7.30. The quantitative estimate of drug-likeness (QED) is 0.796. The summed E-state index contributed by atoms with van der Waals surface area (Å²) < 4.78 is 0. The molecule has 26 heavy (non-hydrogen) atoms. The van der Waals surface area contributed by atoms with Crippen molar-refractivity contribution in [2.75, 3.05) is 42.5 Å². The molecule has 140 valence electrons. The molecular weight excluding hydrogens is 322 g/mol. The van der Waals surface area contributed by atoms with E-state index in [1.54, 1.807) is 0 Å². The topological polar surface area (TPSA) is 35.5 Å². The molecule has 0 N–H and O–H groups in total. The van der Waals surface area contributed by atoms with Gasteiger partial charge in [0.2, 0.25) is 5.95 Å². The first kappa shape index (κ1) is 18.6. The minimum absolute atomic E-state index is 0.335. The fraction of sp³-hybridized carbons (Fsp3) is 0.524. The maximum atomic E-state index is 4.95. The summed E-state index contributed by atoms with van der Waals surface area (Å²) in [5, 5.41) is 0. The van der Waals surface area contributed by atoms with Crippen molar-refractivity contribution in [3.8, 4) is 0 Å². The number of piperazine rings is 1. The molecule has 2 aromatic rings. The minimum Gasteiger partial charge on any atom is -0.354 e. The number of aromatic nitrogens is 2. The van der Waals surface area contributed by atoms with E-state index in [2.05, 4.69) is 78.8 Å². The number of rotatable bonds is 6. The molecule has 0 spiro atoms. The Bertz CT molecular complexity index is 693. The Morgan fingerprint density at radius 2 is 1.73 bits per heavy atom. The zero-order valence-corrected chi connectivity index (χ0v) is 16.5. The number of hydrogen-bond donors (Lipinski definition) is 0. The van der Waals surface area contributed by atoms with Crippen LogP contribution in [-0.4, -0.2) is 53.6 Å². The van der Waals surface area contributed by atoms with Crippen LogP contribution in [0.15, 0.2) is 36.4 Å². The summed E-state index contributed by atoms with van der Waals surface area (Å²) in [5.41, 5.74) is 2.31. The Kier molecular flexibility index (Phi) is 6.09. The van der Waals surface area contributed by atoms with Gasteiger partial charge in [-0.15, -0.1) is 0 Å². The Morgan fingerprint density at radius 3 is 2.35 bits per heavy atom. The molecule has 0 bridgehead atoms. The smallest absolute Gasteiger partial charge is 0.228 e. The summed E-state index contributed by atoms with van der Waals surface area (Å²) >= 11 is 0. The van der Waals surface area contributed by atoms with Crippen LogP contribution < -0.4 is 9.80 Å². The predicted molar refractivity (Wildman–Crippen MR) is 109 cm³/mol. The lowest BCUT2D eigenvalue weighted by atomic mass is 10.2. The molecule has 0 unspecified atom stereocenters. The summed E-state index contributed by atoms with van der Waals surface area (Å²) in [6, 6.07) is 13.0. The van der Waals surface area contributed by atoms with Crippen LogP contribution in [0.4, 0.5) is 11.8 Å². The second kappa shape index (κ2) is 8.49. The van der Waals surface area contributed by atoms with Crippen molar-refractivity contribution in [3.63, 3.8) is 0 Å². The molecule has 0 radical (unpaired) electrons. The average Bonchev–Trinajstić information content (AvgIpc) is 2.66. The number of benzene rings is 1. The first-order valence-corrected chi connectivity index (χ1v) is 9.70. The van der Waals surface area contributed by atoms with Gasteiger partial charge in [0.1, 0.15) is 5.82 Å². The van der Waals surface area contributed by atoms with Crippen LogP contribution >= 0.6 is 0 Å². The van der Waals surface area contributed by atoms with Crippen LogP contribution in [0.1, 0.15) is 32.0 Å². The Balaban J connectivity index is 1.83. The summed E-state index contributed by atoms with van der Waals surface area (Å²) in [6.45, 7) is 14.9. The van der Waals surface area contributed by atoms with Gasteiger partial charge in [-0.05, 0) is 32.9 Å². The second-order valence-electron chi connectivity index (χ2n) is 7.30. The summed E-state index contributed by atoms with van der Waals surface area (Å²) in [5.74, 6) is 1.89. The van der Waals surface area contributed by atoms with Gasteiger partial charge >= 0.3 is 0 Å². The van der Waals surface area contributed by atoms with Gasteiger partial charge in [0.25, 0.3) is 0 Å². The van der Waals surface area contributed by atoms with E-state index < -0.39 is 0 Å². The molecular formula is C21H31N5. The van der Waals surface area contributed by atoms with Crippen molar-refractivity contribution in [1.29, 1.82) is 0 Å². The number of nitrogens with zero attached hydrogens (tertiary/aromatic N) is 5. The lowest BCUT2D eigenvalue weighted by Crippen LogP contribution is -2.46. The maximum Gasteiger partial charge on any atom is 0.228 e. The number of likely N-dealkylation sites (N-methyl/N-ethyl adjacent to an activating group) is 1. The van der Waals surface area contributed by atoms with Gasteiger partial charge in [-0.2, -0.15) is 4.98 Å². The Morgan fingerprint density at radius 1 is 1.04 bits per heavy atom. The van der Waals surface area contributed by atoms with Gasteiger partial charge in [0.05, 0.1) is 0 Å². The van der Waals surface area contributed by atoms with Gasteiger partial charge in [0.15, 0.2) is 0 Å². The van der Waals surface area contributed by atoms with E-state index in [0.29, 0.717) is 6.04 Å². The molecule has 0 saturated carbocycles. The third kappa shape index (κ3) is 4.52. The Labute approximate surface area is 157 Å². The van der Waals surface area contributed by atoms with Crippen LogP contribution in [0.3, 0.4) is 0 Å². The van der Waals surface area contributed by atoms with Gasteiger partial charge in [0, 0.05) is 50.5 Å². The first-order chi connectivity index (χ1) is 12.6. The molecule has 3 rings (SSSR count). The van der Waals surface area contributed by atoms with Crippen LogP contribution in [0.25, 0.3) is 0 Å². The van der Waals surface area contributed by atoms with E-state index in [-0.39, 0.29) is 0 Å². The molecule has 5 heteroatoms. The van der Waals surface area contributed by atoms with E-state index in [4.69, 9.17) is 9.97 Å². The molecule has 5 nitrogen and oxygen atoms in total. The summed E-state index contributed by atoms with van der Waals surface area (Å²) in [6.07, 6.45) is 0. The van der Waals surface area contributed by atoms with Crippen LogP contribution in [0, 0.1) is 6.92 Å². The highest BCUT2D eigenvalue weighted by molar-refractivity contribution is 5.47. The van der Waals surface area contributed by atoms with Crippen LogP contribution in [0.2, 0.25) is 0 Å². The van der Waals surface area contributed by atoms with Crippen molar-refractivity contribution in [1.82, 2.24) is 14.9 Å². The van der Waals surface area contributed by atoms with Gasteiger partial charge in [-0.25, -0.2) is 4.98 Å². The van der Waals surface area contributed by atoms with Crippen molar-refractivity contribution in [2.45, 2.75) is 40.3 Å². The Hall–Kier alpha value is -2.14. The normalized spacial score (nSPS) is 15.5. The molecule has 1 aliphatic rings. The highest BCUT2D eigenvalue weighted by atomic mass is 15.3. The maximum absolute atomic E-state index is 4.95. The van der Waals surface area contributed by atoms with E-state index in [9.17, 15) is 0 Å².